The summed E-state index contributed by atoms with van der Waals surface area (Å²) in [7, 11) is 0. The van der Waals surface area contributed by atoms with Gasteiger partial charge in [-0.05, 0) is 48.3 Å². The number of benzene rings is 1. The number of carbonyl (C=O) groups excluding carboxylic acids is 1. The van der Waals surface area contributed by atoms with Crippen molar-refractivity contribution in [3.63, 3.8) is 0 Å². The van der Waals surface area contributed by atoms with Crippen molar-refractivity contribution in [2.24, 2.45) is 17.1 Å². The van der Waals surface area contributed by atoms with Crippen molar-refractivity contribution in [1.29, 1.82) is 0 Å². The van der Waals surface area contributed by atoms with Crippen molar-refractivity contribution in [3.8, 4) is 5.75 Å². The Morgan fingerprint density at radius 1 is 1.43 bits per heavy atom. The Morgan fingerprint density at radius 3 is 2.65 bits per heavy atom. The van der Waals surface area contributed by atoms with Gasteiger partial charge in [0.2, 0.25) is 0 Å². The highest BCUT2D eigenvalue weighted by Crippen LogP contribution is 2.49. The zero-order valence-corrected chi connectivity index (χ0v) is 13.2. The summed E-state index contributed by atoms with van der Waals surface area (Å²) in [6.45, 7) is 2.21. The summed E-state index contributed by atoms with van der Waals surface area (Å²) in [6.07, 6.45) is 3.27. The van der Waals surface area contributed by atoms with E-state index in [4.69, 9.17) is 10.5 Å². The molecule has 1 saturated heterocycles. The molecule has 1 heterocycles. The van der Waals surface area contributed by atoms with Crippen LogP contribution in [-0.4, -0.2) is 31.5 Å². The first-order valence-corrected chi connectivity index (χ1v) is 7.90. The molecule has 1 amide bonds. The minimum Gasteiger partial charge on any atom is -0.486 e. The molecule has 0 bridgehead atoms. The smallest absolute Gasteiger partial charge is 0.278 e. The summed E-state index contributed by atoms with van der Waals surface area (Å²) in [6, 6.07) is 5.08. The van der Waals surface area contributed by atoms with Gasteiger partial charge in [-0.1, -0.05) is 6.07 Å². The topological polar surface area (TPSA) is 64.3 Å². The van der Waals surface area contributed by atoms with E-state index in [9.17, 15) is 13.6 Å². The molecule has 1 aliphatic heterocycles. The Morgan fingerprint density at radius 2 is 2.13 bits per heavy atom. The number of nitrogens with two attached hydrogens (primary N) is 1. The Bertz CT molecular complexity index is 601. The lowest BCUT2D eigenvalue weighted by molar-refractivity contribution is -0.0232. The SMILES string of the molecule is CC(F)(F)COc1cc(CC2CC3(CNC3)C2)ccc1C(N)=O. The molecular weight excluding hydrogens is 302 g/mol. The largest absolute Gasteiger partial charge is 0.486 e. The molecular formula is C17H22F2N2O2. The first-order valence-electron chi connectivity index (χ1n) is 7.90. The van der Waals surface area contributed by atoms with Gasteiger partial charge in [0, 0.05) is 20.0 Å². The molecule has 0 radical (unpaired) electrons. The summed E-state index contributed by atoms with van der Waals surface area (Å²) in [5, 5.41) is 3.31. The van der Waals surface area contributed by atoms with Gasteiger partial charge in [0.25, 0.3) is 11.8 Å². The third-order valence-corrected chi connectivity index (χ3v) is 4.76. The van der Waals surface area contributed by atoms with Crippen molar-refractivity contribution in [2.45, 2.75) is 32.1 Å². The number of rotatable bonds is 6. The summed E-state index contributed by atoms with van der Waals surface area (Å²) in [5.41, 5.74) is 6.93. The molecule has 0 aromatic heterocycles. The lowest BCUT2D eigenvalue weighted by Gasteiger charge is -2.54. The Kier molecular flexibility index (Phi) is 4.04. The highest BCUT2D eigenvalue weighted by molar-refractivity contribution is 5.95. The second-order valence-electron chi connectivity index (χ2n) is 7.14. The lowest BCUT2D eigenvalue weighted by Crippen LogP contribution is -2.60. The second kappa shape index (κ2) is 5.74. The van der Waals surface area contributed by atoms with Gasteiger partial charge in [-0.3, -0.25) is 4.79 Å². The second-order valence-corrected chi connectivity index (χ2v) is 7.14. The molecule has 6 heteroatoms. The maximum absolute atomic E-state index is 13.0. The number of hydrogen-bond acceptors (Lipinski definition) is 3. The van der Waals surface area contributed by atoms with Gasteiger partial charge in [-0.2, -0.15) is 0 Å². The third kappa shape index (κ3) is 3.63. The van der Waals surface area contributed by atoms with Crippen molar-refractivity contribution >= 4 is 5.91 Å². The normalized spacial score (nSPS) is 20.0. The molecule has 1 saturated carbocycles. The maximum atomic E-state index is 13.0. The third-order valence-electron chi connectivity index (χ3n) is 4.76. The molecule has 4 nitrogen and oxygen atoms in total. The first kappa shape index (κ1) is 16.2. The number of hydrogen-bond donors (Lipinski definition) is 2. The van der Waals surface area contributed by atoms with Crippen LogP contribution in [0.1, 0.15) is 35.7 Å². The quantitative estimate of drug-likeness (QED) is 0.844. The van der Waals surface area contributed by atoms with E-state index in [0.29, 0.717) is 11.3 Å². The van der Waals surface area contributed by atoms with E-state index >= 15 is 0 Å². The standard InChI is InChI=1S/C17H22F2N2O2/c1-16(18,19)10-23-14-5-11(2-3-13(14)15(20)22)4-12-6-17(7-12)8-21-9-17/h2-3,5,12,21H,4,6-10H2,1H3,(H2,20,22). The molecule has 1 aliphatic carbocycles. The monoisotopic (exact) mass is 324 g/mol. The van der Waals surface area contributed by atoms with E-state index < -0.39 is 18.4 Å². The molecule has 2 fully saturated rings. The van der Waals surface area contributed by atoms with Gasteiger partial charge in [-0.25, -0.2) is 8.78 Å². The lowest BCUT2D eigenvalue weighted by atomic mass is 9.57. The van der Waals surface area contributed by atoms with Crippen LogP contribution in [-0.2, 0) is 6.42 Å². The van der Waals surface area contributed by atoms with Crippen LogP contribution in [0.25, 0.3) is 0 Å². The molecule has 1 spiro atoms. The number of primary amides is 1. The van der Waals surface area contributed by atoms with E-state index in [0.717, 1.165) is 32.0 Å². The van der Waals surface area contributed by atoms with Crippen LogP contribution < -0.4 is 15.8 Å². The van der Waals surface area contributed by atoms with Crippen LogP contribution in [0.4, 0.5) is 8.78 Å². The van der Waals surface area contributed by atoms with Gasteiger partial charge in [0.1, 0.15) is 5.75 Å². The zero-order valence-electron chi connectivity index (χ0n) is 13.2. The molecule has 1 aromatic rings. The number of nitrogens with one attached hydrogen (secondary N) is 1. The van der Waals surface area contributed by atoms with E-state index in [1.54, 1.807) is 12.1 Å². The van der Waals surface area contributed by atoms with Gasteiger partial charge in [0.05, 0.1) is 5.56 Å². The summed E-state index contributed by atoms with van der Waals surface area (Å²) < 4.78 is 31.1. The highest BCUT2D eigenvalue weighted by atomic mass is 19.3. The minimum absolute atomic E-state index is 0.145. The van der Waals surface area contributed by atoms with Crippen LogP contribution in [0.15, 0.2) is 18.2 Å². The fourth-order valence-corrected chi connectivity index (χ4v) is 3.63. The first-order chi connectivity index (χ1) is 10.8. The Balaban J connectivity index is 1.67. The highest BCUT2D eigenvalue weighted by Gasteiger charge is 2.47. The molecule has 0 unspecified atom stereocenters. The minimum atomic E-state index is -2.96. The van der Waals surface area contributed by atoms with E-state index in [1.165, 1.54) is 12.8 Å². The summed E-state index contributed by atoms with van der Waals surface area (Å²) in [5.74, 6) is -2.87. The van der Waals surface area contributed by atoms with Crippen molar-refractivity contribution in [1.82, 2.24) is 5.32 Å². The van der Waals surface area contributed by atoms with Gasteiger partial charge < -0.3 is 15.8 Å². The molecule has 3 N–H and O–H groups in total. The van der Waals surface area contributed by atoms with Gasteiger partial charge in [-0.15, -0.1) is 0 Å². The van der Waals surface area contributed by atoms with Crippen LogP contribution in [0.5, 0.6) is 5.75 Å². The molecule has 0 atom stereocenters. The molecule has 2 aliphatic rings. The fraction of sp³-hybridized carbons (Fsp3) is 0.588. The number of amides is 1. The van der Waals surface area contributed by atoms with Crippen LogP contribution >= 0.6 is 0 Å². The number of halogens is 2. The van der Waals surface area contributed by atoms with E-state index in [2.05, 4.69) is 5.32 Å². The van der Waals surface area contributed by atoms with Crippen molar-refractivity contribution in [2.75, 3.05) is 19.7 Å². The molecule has 23 heavy (non-hydrogen) atoms. The van der Waals surface area contributed by atoms with Gasteiger partial charge in [0.15, 0.2) is 6.61 Å². The zero-order chi connectivity index (χ0) is 16.7. The van der Waals surface area contributed by atoms with Crippen molar-refractivity contribution < 1.29 is 18.3 Å². The Hall–Kier alpha value is -1.69. The predicted octanol–water partition coefficient (Wildman–Crippen LogP) is 2.36. The van der Waals surface area contributed by atoms with E-state index in [-0.39, 0.29) is 11.3 Å². The summed E-state index contributed by atoms with van der Waals surface area (Å²) in [4.78, 5) is 11.4. The average Bonchev–Trinajstić information content (AvgIpc) is 2.37. The predicted molar refractivity (Wildman–Crippen MR) is 82.8 cm³/mol. The van der Waals surface area contributed by atoms with Crippen LogP contribution in [0.2, 0.25) is 0 Å². The van der Waals surface area contributed by atoms with Crippen molar-refractivity contribution in [3.05, 3.63) is 29.3 Å². The van der Waals surface area contributed by atoms with Crippen LogP contribution in [0, 0.1) is 11.3 Å². The number of alkyl halides is 2. The molecule has 1 aromatic carbocycles. The summed E-state index contributed by atoms with van der Waals surface area (Å²) >= 11 is 0. The molecule has 126 valence electrons. The average molecular weight is 324 g/mol. The van der Waals surface area contributed by atoms with Gasteiger partial charge >= 0.3 is 0 Å². The van der Waals surface area contributed by atoms with E-state index in [1.807, 2.05) is 6.07 Å². The molecule has 3 rings (SSSR count). The Labute approximate surface area is 134 Å². The maximum Gasteiger partial charge on any atom is 0.278 e. The number of ether oxygens (including phenoxy) is 1. The number of carbonyl (C=O) groups is 1. The fourth-order valence-electron chi connectivity index (χ4n) is 3.63. The van der Waals surface area contributed by atoms with Crippen LogP contribution in [0.3, 0.4) is 0 Å².